The van der Waals surface area contributed by atoms with E-state index in [4.69, 9.17) is 0 Å². The average molecular weight is 755 g/mol. The second kappa shape index (κ2) is 40.6. The van der Waals surface area contributed by atoms with Gasteiger partial charge in [-0.3, -0.25) is 0 Å². The van der Waals surface area contributed by atoms with Gasteiger partial charge in [0.2, 0.25) is 0 Å². The molecule has 4 unspecified atom stereocenters. The number of hydrogen-bond donors (Lipinski definition) is 0. The Bertz CT molecular complexity index is 513. The zero-order chi connectivity index (χ0) is 31.9. The molecule has 0 aromatic rings. The summed E-state index contributed by atoms with van der Waals surface area (Å²) in [5, 5.41) is 41.3. The minimum atomic E-state index is -0.893. The van der Waals surface area contributed by atoms with Crippen molar-refractivity contribution in [3.8, 4) is 0 Å². The van der Waals surface area contributed by atoms with Crippen LogP contribution < -0.4 is 20.4 Å². The van der Waals surface area contributed by atoms with Crippen LogP contribution in [0.4, 0.5) is 0 Å². The number of aliphatic carboxylic acids is 4. The molecule has 0 radical (unpaired) electrons. The molecule has 4 atom stereocenters. The molecule has 0 N–H and O–H groups in total. The molecule has 0 heterocycles. The Morgan fingerprint density at radius 2 is 0.524 bits per heavy atom. The monoisotopic (exact) mass is 752 g/mol. The Labute approximate surface area is 295 Å². The van der Waals surface area contributed by atoms with Crippen LogP contribution in [0.2, 0.25) is 0 Å². The van der Waals surface area contributed by atoms with E-state index >= 15 is 0 Å². The minimum Gasteiger partial charge on any atom is -0.550 e. The number of carboxylic acids is 4. The van der Waals surface area contributed by atoms with Crippen molar-refractivity contribution < 1.29 is 92.0 Å². The number of rotatable bonds is 20. The molecule has 0 aromatic heterocycles. The Kier molecular flexibility index (Phi) is 52.4. The van der Waals surface area contributed by atoms with Gasteiger partial charge in [0, 0.05) is 23.9 Å². The van der Waals surface area contributed by atoms with Crippen LogP contribution in [0.25, 0.3) is 0 Å². The predicted molar refractivity (Wildman–Crippen MR) is 153 cm³/mol. The summed E-state index contributed by atoms with van der Waals surface area (Å²) in [5.74, 6) is -4.46. The molecule has 0 saturated carbocycles. The maximum Gasteiger partial charge on any atom is 4.00 e. The van der Waals surface area contributed by atoms with Crippen molar-refractivity contribution in [3.05, 3.63) is 0 Å². The maximum atomic E-state index is 10.3. The van der Waals surface area contributed by atoms with Crippen molar-refractivity contribution in [2.75, 3.05) is 0 Å². The fourth-order valence-electron chi connectivity index (χ4n) is 3.76. The van der Waals surface area contributed by atoms with Gasteiger partial charge in [-0.15, -0.1) is 0 Å². The standard InChI is InChI=1S/4C8H16O2.2Zr/c4*1-3-5-6-7(4-2)8(9)10;;/h4*7H,3-6H2,1-2H3,(H,9,10);;/q;;;;2*+4/p-4. The molecule has 0 rings (SSSR count). The average Bonchev–Trinajstić information content (AvgIpc) is 2.91. The van der Waals surface area contributed by atoms with E-state index in [0.717, 1.165) is 77.0 Å². The van der Waals surface area contributed by atoms with E-state index in [1.807, 2.05) is 27.7 Å². The van der Waals surface area contributed by atoms with Gasteiger partial charge in [0.05, 0.1) is 0 Å². The van der Waals surface area contributed by atoms with Crippen LogP contribution in [0, 0.1) is 23.7 Å². The molecule has 8 nitrogen and oxygen atoms in total. The molecule has 0 bridgehead atoms. The van der Waals surface area contributed by atoms with Crippen LogP contribution in [0.15, 0.2) is 0 Å². The third-order valence-electron chi connectivity index (χ3n) is 6.93. The fraction of sp³-hybridized carbons (Fsp3) is 0.875. The molecular weight excluding hydrogens is 695 g/mol. The molecule has 240 valence electrons. The van der Waals surface area contributed by atoms with E-state index < -0.39 is 23.9 Å². The van der Waals surface area contributed by atoms with Crippen LogP contribution in [0.5, 0.6) is 0 Å². The molecule has 0 aromatic carbocycles. The van der Waals surface area contributed by atoms with Crippen molar-refractivity contribution in [2.45, 2.75) is 158 Å². The van der Waals surface area contributed by atoms with E-state index in [0.29, 0.717) is 25.7 Å². The Balaban J connectivity index is -0.000000101. The Morgan fingerprint density at radius 3 is 0.595 bits per heavy atom. The molecular formula is C32H60O8Zr2+4. The molecule has 0 aliphatic rings. The van der Waals surface area contributed by atoms with E-state index in [9.17, 15) is 39.6 Å². The van der Waals surface area contributed by atoms with Gasteiger partial charge >= 0.3 is 52.4 Å². The summed E-state index contributed by atoms with van der Waals surface area (Å²) in [6.07, 6.45) is 14.1. The summed E-state index contributed by atoms with van der Waals surface area (Å²) in [6.45, 7) is 15.8. The molecule has 0 aliphatic carbocycles. The quantitative estimate of drug-likeness (QED) is 0.182. The molecule has 0 aliphatic heterocycles. The van der Waals surface area contributed by atoms with Gasteiger partial charge in [-0.1, -0.05) is 107 Å². The zero-order valence-electron chi connectivity index (χ0n) is 27.9. The van der Waals surface area contributed by atoms with E-state index in [-0.39, 0.29) is 76.1 Å². The van der Waals surface area contributed by atoms with Crippen LogP contribution >= 0.6 is 0 Å². The van der Waals surface area contributed by atoms with Crippen LogP contribution in [-0.4, -0.2) is 23.9 Å². The van der Waals surface area contributed by atoms with E-state index in [2.05, 4.69) is 27.7 Å². The van der Waals surface area contributed by atoms with Gasteiger partial charge in [0.1, 0.15) is 0 Å². The van der Waals surface area contributed by atoms with Crippen molar-refractivity contribution in [3.63, 3.8) is 0 Å². The van der Waals surface area contributed by atoms with Crippen LogP contribution in [0.3, 0.4) is 0 Å². The van der Waals surface area contributed by atoms with E-state index in [1.165, 1.54) is 0 Å². The first-order valence-electron chi connectivity index (χ1n) is 15.7. The smallest absolute Gasteiger partial charge is 0.550 e. The van der Waals surface area contributed by atoms with Crippen molar-refractivity contribution in [2.24, 2.45) is 23.7 Å². The summed E-state index contributed by atoms with van der Waals surface area (Å²) in [5.41, 5.74) is 0. The number of unbranched alkanes of at least 4 members (excludes halogenated alkanes) is 4. The Morgan fingerprint density at radius 1 is 0.381 bits per heavy atom. The topological polar surface area (TPSA) is 161 Å². The number of hydrogen-bond acceptors (Lipinski definition) is 8. The molecule has 0 saturated heterocycles. The molecule has 0 fully saturated rings. The van der Waals surface area contributed by atoms with Crippen LogP contribution in [-0.2, 0) is 71.6 Å². The predicted octanol–water partition coefficient (Wildman–Crippen LogP) is 3.81. The summed E-state index contributed by atoms with van der Waals surface area (Å²) in [6, 6.07) is 0. The largest absolute Gasteiger partial charge is 4.00 e. The third kappa shape index (κ3) is 37.7. The van der Waals surface area contributed by atoms with Gasteiger partial charge < -0.3 is 39.6 Å². The molecule has 10 heteroatoms. The molecule has 0 amide bonds. The second-order valence-corrected chi connectivity index (χ2v) is 10.3. The van der Waals surface area contributed by atoms with Crippen molar-refractivity contribution >= 4 is 23.9 Å². The number of carboxylic acid groups (broad SMARTS) is 4. The van der Waals surface area contributed by atoms with Gasteiger partial charge in [0.25, 0.3) is 0 Å². The maximum absolute atomic E-state index is 10.3. The summed E-state index contributed by atoms with van der Waals surface area (Å²) in [4.78, 5) is 41.3. The summed E-state index contributed by atoms with van der Waals surface area (Å²) < 4.78 is 0. The van der Waals surface area contributed by atoms with Gasteiger partial charge in [-0.2, -0.15) is 0 Å². The van der Waals surface area contributed by atoms with Gasteiger partial charge in [-0.25, -0.2) is 0 Å². The summed E-state index contributed by atoms with van der Waals surface area (Å²) >= 11 is 0. The first kappa shape index (κ1) is 54.1. The summed E-state index contributed by atoms with van der Waals surface area (Å²) in [7, 11) is 0. The van der Waals surface area contributed by atoms with Crippen molar-refractivity contribution in [1.29, 1.82) is 0 Å². The zero-order valence-corrected chi connectivity index (χ0v) is 32.8. The number of carbonyl (C=O) groups is 4. The van der Waals surface area contributed by atoms with Gasteiger partial charge in [0.15, 0.2) is 0 Å². The SMILES string of the molecule is CCCCC(CC)C(=O)[O-].CCCCC(CC)C(=O)[O-].CCCCC(CC)C(=O)[O-].CCCCC(CC)C(=O)[O-].[Zr+4].[Zr+4]. The fourth-order valence-corrected chi connectivity index (χ4v) is 3.76. The van der Waals surface area contributed by atoms with Crippen molar-refractivity contribution in [1.82, 2.24) is 0 Å². The molecule has 0 spiro atoms. The minimum absolute atomic E-state index is 0. The first-order chi connectivity index (χ1) is 18.9. The molecule has 42 heavy (non-hydrogen) atoms. The second-order valence-electron chi connectivity index (χ2n) is 10.3. The van der Waals surface area contributed by atoms with Crippen LogP contribution in [0.1, 0.15) is 158 Å². The Hall–Kier alpha value is -0.354. The third-order valence-corrected chi connectivity index (χ3v) is 6.93. The normalized spacial score (nSPS) is 12.4. The first-order valence-corrected chi connectivity index (χ1v) is 15.7. The van der Waals surface area contributed by atoms with Gasteiger partial charge in [-0.05, 0) is 75.0 Å². The van der Waals surface area contributed by atoms with E-state index in [1.54, 1.807) is 0 Å². The number of carbonyl (C=O) groups excluding carboxylic acids is 4.